The number of nitrogens with zero attached hydrogens (tertiary/aromatic N) is 3. The Balaban J connectivity index is 1.67. The van der Waals surface area contributed by atoms with Crippen molar-refractivity contribution in [1.82, 2.24) is 15.0 Å². The van der Waals surface area contributed by atoms with Crippen molar-refractivity contribution in [3.05, 3.63) is 70.5 Å². The van der Waals surface area contributed by atoms with Gasteiger partial charge in [0.2, 0.25) is 17.6 Å². The van der Waals surface area contributed by atoms with Gasteiger partial charge >= 0.3 is 0 Å². The first kappa shape index (κ1) is 20.3. The lowest BCUT2D eigenvalue weighted by atomic mass is 10.1. The standard InChI is InChI=1S/C22H24BrN3O2/c1-16(2)14-21(27)26(15-17-6-4-3-5-7-17)13-12-20-24-22(25-28-20)18-8-10-19(23)11-9-18/h3-11,16H,12-15H2,1-2H3. The van der Waals surface area contributed by atoms with E-state index < -0.39 is 0 Å². The van der Waals surface area contributed by atoms with E-state index in [1.54, 1.807) is 0 Å². The van der Waals surface area contributed by atoms with Crippen LogP contribution in [0.3, 0.4) is 0 Å². The zero-order chi connectivity index (χ0) is 19.9. The topological polar surface area (TPSA) is 59.2 Å². The molecule has 0 atom stereocenters. The fourth-order valence-corrected chi connectivity index (χ4v) is 3.14. The molecule has 0 aliphatic rings. The predicted molar refractivity (Wildman–Crippen MR) is 112 cm³/mol. The van der Waals surface area contributed by atoms with Crippen LogP contribution in [0.25, 0.3) is 11.4 Å². The molecule has 5 nitrogen and oxygen atoms in total. The zero-order valence-electron chi connectivity index (χ0n) is 16.1. The lowest BCUT2D eigenvalue weighted by Gasteiger charge is -2.23. The molecule has 0 radical (unpaired) electrons. The molecule has 3 rings (SSSR count). The van der Waals surface area contributed by atoms with Crippen LogP contribution in [-0.4, -0.2) is 27.5 Å². The van der Waals surface area contributed by atoms with Gasteiger partial charge in [-0.05, 0) is 35.7 Å². The Morgan fingerprint density at radius 1 is 1.11 bits per heavy atom. The zero-order valence-corrected chi connectivity index (χ0v) is 17.7. The van der Waals surface area contributed by atoms with Crippen LogP contribution < -0.4 is 0 Å². The highest BCUT2D eigenvalue weighted by Gasteiger charge is 2.17. The molecule has 0 bridgehead atoms. The summed E-state index contributed by atoms with van der Waals surface area (Å²) in [5.41, 5.74) is 2.01. The summed E-state index contributed by atoms with van der Waals surface area (Å²) in [6.45, 7) is 5.24. The van der Waals surface area contributed by atoms with Crippen LogP contribution in [0.1, 0.15) is 31.7 Å². The Kier molecular flexibility index (Phi) is 6.98. The number of benzene rings is 2. The molecule has 1 aromatic heterocycles. The number of carbonyl (C=O) groups excluding carboxylic acids is 1. The molecule has 146 valence electrons. The summed E-state index contributed by atoms with van der Waals surface area (Å²) >= 11 is 3.42. The first-order chi connectivity index (χ1) is 13.5. The van der Waals surface area contributed by atoms with E-state index in [1.165, 1.54) is 0 Å². The first-order valence-corrected chi connectivity index (χ1v) is 10.2. The average Bonchev–Trinajstić information content (AvgIpc) is 3.15. The maximum Gasteiger partial charge on any atom is 0.228 e. The molecule has 0 spiro atoms. The van der Waals surface area contributed by atoms with Crippen LogP contribution in [0.2, 0.25) is 0 Å². The Morgan fingerprint density at radius 2 is 1.82 bits per heavy atom. The molecule has 1 heterocycles. The summed E-state index contributed by atoms with van der Waals surface area (Å²) in [6, 6.07) is 17.8. The molecule has 1 amide bonds. The van der Waals surface area contributed by atoms with Crippen LogP contribution in [0.5, 0.6) is 0 Å². The Labute approximate surface area is 173 Å². The Hall–Kier alpha value is -2.47. The van der Waals surface area contributed by atoms with Gasteiger partial charge in [0.15, 0.2) is 0 Å². The highest BCUT2D eigenvalue weighted by Crippen LogP contribution is 2.19. The molecule has 0 fully saturated rings. The molecular formula is C22H24BrN3O2. The second kappa shape index (κ2) is 9.64. The predicted octanol–water partition coefficient (Wildman–Crippen LogP) is 5.12. The highest BCUT2D eigenvalue weighted by molar-refractivity contribution is 9.10. The van der Waals surface area contributed by atoms with Crippen molar-refractivity contribution in [1.29, 1.82) is 0 Å². The summed E-state index contributed by atoms with van der Waals surface area (Å²) in [7, 11) is 0. The van der Waals surface area contributed by atoms with Gasteiger partial charge in [-0.2, -0.15) is 4.98 Å². The minimum Gasteiger partial charge on any atom is -0.339 e. The summed E-state index contributed by atoms with van der Waals surface area (Å²) in [6.07, 6.45) is 1.06. The van der Waals surface area contributed by atoms with E-state index in [4.69, 9.17) is 4.52 Å². The Bertz CT molecular complexity index is 892. The lowest BCUT2D eigenvalue weighted by Crippen LogP contribution is -2.33. The molecule has 0 saturated carbocycles. The van der Waals surface area contributed by atoms with Crippen LogP contribution >= 0.6 is 15.9 Å². The minimum absolute atomic E-state index is 0.145. The van der Waals surface area contributed by atoms with Gasteiger partial charge in [-0.3, -0.25) is 4.79 Å². The Morgan fingerprint density at radius 3 is 2.50 bits per heavy atom. The highest BCUT2D eigenvalue weighted by atomic mass is 79.9. The third-order valence-electron chi connectivity index (χ3n) is 4.32. The summed E-state index contributed by atoms with van der Waals surface area (Å²) in [5.74, 6) is 1.56. The van der Waals surface area contributed by atoms with E-state index in [0.29, 0.717) is 43.6 Å². The quantitative estimate of drug-likeness (QED) is 0.486. The molecule has 28 heavy (non-hydrogen) atoms. The van der Waals surface area contributed by atoms with Crippen molar-refractivity contribution in [3.63, 3.8) is 0 Å². The van der Waals surface area contributed by atoms with E-state index in [-0.39, 0.29) is 5.91 Å². The van der Waals surface area contributed by atoms with Gasteiger partial charge in [0.1, 0.15) is 0 Å². The number of rotatable bonds is 8. The van der Waals surface area contributed by atoms with Gasteiger partial charge in [-0.15, -0.1) is 0 Å². The fourth-order valence-electron chi connectivity index (χ4n) is 2.88. The van der Waals surface area contributed by atoms with Crippen molar-refractivity contribution in [2.24, 2.45) is 5.92 Å². The maximum atomic E-state index is 12.7. The van der Waals surface area contributed by atoms with E-state index in [0.717, 1.165) is 15.6 Å². The van der Waals surface area contributed by atoms with E-state index >= 15 is 0 Å². The normalized spacial score (nSPS) is 11.0. The number of aromatic nitrogens is 2. The van der Waals surface area contributed by atoms with Gasteiger partial charge in [0.05, 0.1) is 0 Å². The smallest absolute Gasteiger partial charge is 0.228 e. The number of amides is 1. The average molecular weight is 442 g/mol. The van der Waals surface area contributed by atoms with E-state index in [2.05, 4.69) is 39.9 Å². The van der Waals surface area contributed by atoms with Crippen molar-refractivity contribution >= 4 is 21.8 Å². The molecule has 0 aliphatic heterocycles. The largest absolute Gasteiger partial charge is 0.339 e. The lowest BCUT2D eigenvalue weighted by molar-refractivity contribution is -0.132. The van der Waals surface area contributed by atoms with Crippen LogP contribution in [0, 0.1) is 5.92 Å². The van der Waals surface area contributed by atoms with Gasteiger partial charge in [0.25, 0.3) is 0 Å². The van der Waals surface area contributed by atoms with E-state index in [1.807, 2.05) is 59.5 Å². The second-order valence-corrected chi connectivity index (χ2v) is 8.08. The fraction of sp³-hybridized carbons (Fsp3) is 0.318. The first-order valence-electron chi connectivity index (χ1n) is 9.41. The third-order valence-corrected chi connectivity index (χ3v) is 4.85. The monoisotopic (exact) mass is 441 g/mol. The third kappa shape index (κ3) is 5.76. The molecule has 0 unspecified atom stereocenters. The number of hydrogen-bond donors (Lipinski definition) is 0. The summed E-state index contributed by atoms with van der Waals surface area (Å²) in [5, 5.41) is 4.07. The number of carbonyl (C=O) groups is 1. The molecule has 0 saturated heterocycles. The minimum atomic E-state index is 0.145. The number of hydrogen-bond acceptors (Lipinski definition) is 4. The molecule has 3 aromatic rings. The molecule has 0 N–H and O–H groups in total. The van der Waals surface area contributed by atoms with Gasteiger partial charge < -0.3 is 9.42 Å². The molecule has 0 aliphatic carbocycles. The molecule has 2 aromatic carbocycles. The van der Waals surface area contributed by atoms with Gasteiger partial charge in [0, 0.05) is 36.0 Å². The van der Waals surface area contributed by atoms with Crippen LogP contribution in [0.4, 0.5) is 0 Å². The van der Waals surface area contributed by atoms with Crippen molar-refractivity contribution < 1.29 is 9.32 Å². The van der Waals surface area contributed by atoms with Crippen LogP contribution in [-0.2, 0) is 17.8 Å². The van der Waals surface area contributed by atoms with Crippen molar-refractivity contribution in [2.45, 2.75) is 33.2 Å². The molecule has 6 heteroatoms. The SMILES string of the molecule is CC(C)CC(=O)N(CCc1nc(-c2ccc(Br)cc2)no1)Cc1ccccc1. The maximum absolute atomic E-state index is 12.7. The van der Waals surface area contributed by atoms with Gasteiger partial charge in [-0.25, -0.2) is 0 Å². The van der Waals surface area contributed by atoms with Gasteiger partial charge in [-0.1, -0.05) is 65.3 Å². The van der Waals surface area contributed by atoms with Crippen molar-refractivity contribution in [2.75, 3.05) is 6.54 Å². The van der Waals surface area contributed by atoms with Crippen molar-refractivity contribution in [3.8, 4) is 11.4 Å². The second-order valence-electron chi connectivity index (χ2n) is 7.17. The number of halogens is 1. The molecular weight excluding hydrogens is 418 g/mol. The van der Waals surface area contributed by atoms with E-state index in [9.17, 15) is 4.79 Å². The van der Waals surface area contributed by atoms with Crippen LogP contribution in [0.15, 0.2) is 63.6 Å². The summed E-state index contributed by atoms with van der Waals surface area (Å²) in [4.78, 5) is 19.0. The summed E-state index contributed by atoms with van der Waals surface area (Å²) < 4.78 is 6.40.